The number of benzene rings is 1. The number of fused-ring (bicyclic) bond motifs is 1. The van der Waals surface area contributed by atoms with Crippen LogP contribution in [0, 0.1) is 22.7 Å². The van der Waals surface area contributed by atoms with Crippen LogP contribution in [-0.4, -0.2) is 37.3 Å². The van der Waals surface area contributed by atoms with Gasteiger partial charge in [0, 0.05) is 5.56 Å². The van der Waals surface area contributed by atoms with Crippen LogP contribution in [0.4, 0.5) is 0 Å². The summed E-state index contributed by atoms with van der Waals surface area (Å²) >= 11 is 0. The van der Waals surface area contributed by atoms with E-state index in [0.717, 1.165) is 43.7 Å². The summed E-state index contributed by atoms with van der Waals surface area (Å²) in [6.07, 6.45) is 6.41. The Bertz CT molecular complexity index is 1230. The third-order valence-electron chi connectivity index (χ3n) is 7.40. The van der Waals surface area contributed by atoms with E-state index >= 15 is 0 Å². The molecule has 0 spiro atoms. The Morgan fingerprint density at radius 1 is 1.03 bits per heavy atom. The van der Waals surface area contributed by atoms with Gasteiger partial charge >= 0.3 is 20.8 Å². The Balaban J connectivity index is 2.31. The lowest BCUT2D eigenvalue weighted by Crippen LogP contribution is -2.47. The molecule has 0 heterocycles. The third kappa shape index (κ3) is 5.24. The van der Waals surface area contributed by atoms with Crippen LogP contribution in [0.25, 0.3) is 6.08 Å². The molecule has 0 unspecified atom stereocenters. The number of aromatic hydroxyl groups is 1. The molecule has 2 saturated carbocycles. The zero-order valence-corrected chi connectivity index (χ0v) is 21.1. The molecule has 3 rings (SSSR count). The fourth-order valence-electron chi connectivity index (χ4n) is 6.05. The predicted octanol–water partition coefficient (Wildman–Crippen LogP) is 4.21. The molecule has 34 heavy (non-hydrogen) atoms. The van der Waals surface area contributed by atoms with E-state index in [1.54, 1.807) is 6.08 Å². The van der Waals surface area contributed by atoms with E-state index in [9.17, 15) is 31.3 Å². The predicted molar refractivity (Wildman–Crippen MR) is 123 cm³/mol. The lowest BCUT2D eigenvalue weighted by molar-refractivity contribution is -0.00534. The van der Waals surface area contributed by atoms with E-state index in [1.807, 2.05) is 6.92 Å². The highest BCUT2D eigenvalue weighted by Gasteiger charge is 2.51. The Labute approximate surface area is 199 Å². The number of hydrogen-bond acceptors (Lipinski definition) is 8. The number of hydrogen-bond donors (Lipinski definition) is 3. The number of aldehydes is 1. The van der Waals surface area contributed by atoms with Crippen LogP contribution >= 0.6 is 0 Å². The zero-order chi connectivity index (χ0) is 25.7. The first kappa shape index (κ1) is 26.5. The van der Waals surface area contributed by atoms with Crippen LogP contribution in [0.1, 0.15) is 75.7 Å². The maximum atomic E-state index is 11.7. The minimum atomic E-state index is -5.12. The molecule has 12 heteroatoms. The average Bonchev–Trinajstić information content (AvgIpc) is 2.65. The van der Waals surface area contributed by atoms with Crippen LogP contribution in [0.5, 0.6) is 17.2 Å². The van der Waals surface area contributed by atoms with Gasteiger partial charge in [-0.3, -0.25) is 13.9 Å². The van der Waals surface area contributed by atoms with Crippen LogP contribution in [0.2, 0.25) is 0 Å². The van der Waals surface area contributed by atoms with Crippen molar-refractivity contribution in [1.29, 1.82) is 0 Å². The molecule has 3 N–H and O–H groups in total. The highest BCUT2D eigenvalue weighted by Crippen LogP contribution is 2.61. The minimum absolute atomic E-state index is 0.0350. The lowest BCUT2D eigenvalue weighted by Gasteiger charge is -2.56. The van der Waals surface area contributed by atoms with Gasteiger partial charge in [-0.2, -0.15) is 16.8 Å². The summed E-state index contributed by atoms with van der Waals surface area (Å²) in [4.78, 5) is 11.7. The van der Waals surface area contributed by atoms with Gasteiger partial charge in [0.05, 0.1) is 0 Å². The minimum Gasteiger partial charge on any atom is -0.504 e. The maximum absolute atomic E-state index is 11.7. The van der Waals surface area contributed by atoms with Gasteiger partial charge in [-0.15, -0.1) is 0 Å². The van der Waals surface area contributed by atoms with E-state index in [1.165, 1.54) is 0 Å². The van der Waals surface area contributed by atoms with Crippen LogP contribution in [0.15, 0.2) is 11.6 Å². The summed E-state index contributed by atoms with van der Waals surface area (Å²) in [5, 5.41) is 10.3. The van der Waals surface area contributed by atoms with Gasteiger partial charge in [-0.1, -0.05) is 45.8 Å². The highest BCUT2D eigenvalue weighted by molar-refractivity contribution is 7.81. The van der Waals surface area contributed by atoms with Crippen LogP contribution in [0.3, 0.4) is 0 Å². The Kier molecular flexibility index (Phi) is 6.86. The highest BCUT2D eigenvalue weighted by atomic mass is 32.3. The molecule has 1 aromatic carbocycles. The van der Waals surface area contributed by atoms with Gasteiger partial charge in [0.25, 0.3) is 0 Å². The quantitative estimate of drug-likeness (QED) is 0.367. The first-order chi connectivity index (χ1) is 15.5. The number of carbonyl (C=O) groups excluding carboxylic acids is 1. The van der Waals surface area contributed by atoms with E-state index in [-0.39, 0.29) is 28.6 Å². The summed E-state index contributed by atoms with van der Waals surface area (Å²) in [6, 6.07) is 0.942. The Morgan fingerprint density at radius 3 is 2.21 bits per heavy atom. The second-order valence-electron chi connectivity index (χ2n) is 10.1. The summed E-state index contributed by atoms with van der Waals surface area (Å²) in [5.41, 5.74) is -0.152. The molecular formula is C22H30O10S2. The number of allylic oxidation sites excluding steroid dienone is 1. The monoisotopic (exact) mass is 518 g/mol. The molecule has 190 valence electrons. The molecule has 2 fully saturated rings. The number of phenols is 1. The summed E-state index contributed by atoms with van der Waals surface area (Å²) in [7, 11) is -10.2. The van der Waals surface area contributed by atoms with Gasteiger partial charge in [0.1, 0.15) is 5.56 Å². The molecule has 0 amide bonds. The molecule has 2 aliphatic rings. The Morgan fingerprint density at radius 2 is 1.65 bits per heavy atom. The lowest BCUT2D eigenvalue weighted by atomic mass is 9.48. The first-order valence-corrected chi connectivity index (χ1v) is 13.6. The second-order valence-corrected chi connectivity index (χ2v) is 12.1. The molecule has 1 aromatic rings. The van der Waals surface area contributed by atoms with Crippen molar-refractivity contribution in [3.63, 3.8) is 0 Å². The fourth-order valence-corrected chi connectivity index (χ4v) is 6.80. The SMILES string of the molecule is C[C@@H]1CC[C@@H]2C(C)(C)CCC[C@@]2(C)/C1=C/c1cc(OS(=O)(=O)O)c(O)c(C=O)c1OS(=O)(=O)O. The van der Waals surface area contributed by atoms with Crippen molar-refractivity contribution in [3.8, 4) is 17.2 Å². The van der Waals surface area contributed by atoms with Gasteiger partial charge in [-0.05, 0) is 54.4 Å². The van der Waals surface area contributed by atoms with Gasteiger partial charge in [-0.25, -0.2) is 0 Å². The molecule has 10 nitrogen and oxygen atoms in total. The molecule has 0 bridgehead atoms. The standard InChI is InChI=1S/C22H30O10S2/c1-13-6-7-18-21(2,3)8-5-9-22(18,4)16(13)10-14-11-17(31-33(25,26)27)19(24)15(12-23)20(14)32-34(28,29)30/h10-13,18,24H,5-9H2,1-4H3,(H,25,26,27)(H,28,29,30)/b16-10+/t13-,18-,22+/m1/s1. The van der Waals surface area contributed by atoms with Gasteiger partial charge < -0.3 is 13.5 Å². The van der Waals surface area contributed by atoms with Crippen LogP contribution < -0.4 is 8.37 Å². The molecule has 2 aliphatic carbocycles. The molecule has 3 atom stereocenters. The van der Waals surface area contributed by atoms with Gasteiger partial charge in [0.15, 0.2) is 23.5 Å². The van der Waals surface area contributed by atoms with Crippen molar-refractivity contribution in [3.05, 3.63) is 22.8 Å². The van der Waals surface area contributed by atoms with E-state index < -0.39 is 43.6 Å². The van der Waals surface area contributed by atoms with Crippen molar-refractivity contribution in [1.82, 2.24) is 0 Å². The largest absolute Gasteiger partial charge is 0.504 e. The molecule has 0 aliphatic heterocycles. The molecule has 0 radical (unpaired) electrons. The van der Waals surface area contributed by atoms with E-state index in [0.29, 0.717) is 5.92 Å². The fraction of sp³-hybridized carbons (Fsp3) is 0.591. The molecule has 0 saturated heterocycles. The summed E-state index contributed by atoms with van der Waals surface area (Å²) in [6.45, 7) is 8.60. The zero-order valence-electron chi connectivity index (χ0n) is 19.4. The molecular weight excluding hydrogens is 488 g/mol. The normalized spacial score (nSPS) is 28.2. The van der Waals surface area contributed by atoms with Crippen LogP contribution in [-0.2, 0) is 20.8 Å². The smallest absolute Gasteiger partial charge is 0.446 e. The Hall–Kier alpha value is -2.15. The van der Waals surface area contributed by atoms with E-state index in [4.69, 9.17) is 4.55 Å². The van der Waals surface area contributed by atoms with E-state index in [2.05, 4.69) is 29.1 Å². The average molecular weight is 519 g/mol. The third-order valence-corrected chi connectivity index (χ3v) is 8.17. The second kappa shape index (κ2) is 8.81. The topological polar surface area (TPSA) is 164 Å². The van der Waals surface area contributed by atoms with Crippen molar-refractivity contribution >= 4 is 33.2 Å². The van der Waals surface area contributed by atoms with Crippen molar-refractivity contribution in [2.45, 2.75) is 59.8 Å². The van der Waals surface area contributed by atoms with Crippen molar-refractivity contribution in [2.75, 3.05) is 0 Å². The number of carbonyl (C=O) groups is 1. The summed E-state index contributed by atoms with van der Waals surface area (Å²) in [5.74, 6) is -2.18. The van der Waals surface area contributed by atoms with Crippen molar-refractivity contribution in [2.24, 2.45) is 22.7 Å². The first-order valence-electron chi connectivity index (χ1n) is 10.9. The number of rotatable bonds is 6. The van der Waals surface area contributed by atoms with Gasteiger partial charge in [0.2, 0.25) is 0 Å². The maximum Gasteiger partial charge on any atom is 0.446 e. The van der Waals surface area contributed by atoms with Crippen molar-refractivity contribution < 1.29 is 44.2 Å². The number of phenolic OH excluding ortho intramolecular Hbond substituents is 1. The summed E-state index contributed by atoms with van der Waals surface area (Å²) < 4.78 is 73.0. The molecule has 0 aromatic heterocycles.